The first-order chi connectivity index (χ1) is 8.59. The molecule has 1 aromatic carbocycles. The third-order valence-electron chi connectivity index (χ3n) is 4.19. The van der Waals surface area contributed by atoms with Gasteiger partial charge in [-0.05, 0) is 39.2 Å². The van der Waals surface area contributed by atoms with Crippen LogP contribution >= 0.6 is 0 Å². The lowest BCUT2D eigenvalue weighted by atomic mass is 9.89. The number of nitrogens with one attached hydrogen (secondary N) is 1. The van der Waals surface area contributed by atoms with Crippen LogP contribution in [0.25, 0.3) is 0 Å². The summed E-state index contributed by atoms with van der Waals surface area (Å²) in [6.45, 7) is 10.4. The Balaban J connectivity index is 1.83. The molecule has 0 bridgehead atoms. The Kier molecular flexibility index (Phi) is 4.41. The molecule has 1 heterocycles. The van der Waals surface area contributed by atoms with Gasteiger partial charge < -0.3 is 10.2 Å². The minimum Gasteiger partial charge on any atom is -0.307 e. The van der Waals surface area contributed by atoms with E-state index in [0.29, 0.717) is 11.6 Å². The molecule has 2 rings (SSSR count). The van der Waals surface area contributed by atoms with E-state index in [1.165, 1.54) is 31.5 Å². The summed E-state index contributed by atoms with van der Waals surface area (Å²) < 4.78 is 0. The highest BCUT2D eigenvalue weighted by Crippen LogP contribution is 2.23. The van der Waals surface area contributed by atoms with Gasteiger partial charge in [-0.3, -0.25) is 0 Å². The lowest BCUT2D eigenvalue weighted by Gasteiger charge is -2.41. The SMILES string of the molecule is CC(C)N1CCC(C)(NCc2ccccc2)CC1. The molecule has 0 aromatic heterocycles. The van der Waals surface area contributed by atoms with E-state index < -0.39 is 0 Å². The Bertz CT molecular complexity index is 351. The zero-order valence-electron chi connectivity index (χ0n) is 11.9. The van der Waals surface area contributed by atoms with Crippen molar-refractivity contribution in [1.82, 2.24) is 10.2 Å². The van der Waals surface area contributed by atoms with E-state index in [1.54, 1.807) is 0 Å². The smallest absolute Gasteiger partial charge is 0.0210 e. The minimum atomic E-state index is 0.307. The van der Waals surface area contributed by atoms with Crippen molar-refractivity contribution in [3.8, 4) is 0 Å². The molecule has 1 saturated heterocycles. The van der Waals surface area contributed by atoms with Gasteiger partial charge in [-0.2, -0.15) is 0 Å². The van der Waals surface area contributed by atoms with Gasteiger partial charge in [0.05, 0.1) is 0 Å². The van der Waals surface area contributed by atoms with Crippen LogP contribution in [0.1, 0.15) is 39.2 Å². The van der Waals surface area contributed by atoms with Crippen molar-refractivity contribution in [2.24, 2.45) is 0 Å². The van der Waals surface area contributed by atoms with Crippen molar-refractivity contribution in [1.29, 1.82) is 0 Å². The minimum absolute atomic E-state index is 0.307. The molecule has 1 fully saturated rings. The zero-order valence-corrected chi connectivity index (χ0v) is 11.9. The fourth-order valence-electron chi connectivity index (χ4n) is 2.62. The summed E-state index contributed by atoms with van der Waals surface area (Å²) in [5.41, 5.74) is 1.69. The molecule has 0 atom stereocenters. The first-order valence-corrected chi connectivity index (χ1v) is 7.12. The number of piperidine rings is 1. The standard InChI is InChI=1S/C16H26N2/c1-14(2)18-11-9-16(3,10-12-18)17-13-15-7-5-4-6-8-15/h4-8,14,17H,9-13H2,1-3H3. The number of rotatable bonds is 4. The average molecular weight is 246 g/mol. The van der Waals surface area contributed by atoms with Gasteiger partial charge >= 0.3 is 0 Å². The van der Waals surface area contributed by atoms with Crippen LogP contribution in [0, 0.1) is 0 Å². The summed E-state index contributed by atoms with van der Waals surface area (Å²) >= 11 is 0. The molecule has 0 unspecified atom stereocenters. The quantitative estimate of drug-likeness (QED) is 0.878. The molecular weight excluding hydrogens is 220 g/mol. The summed E-state index contributed by atoms with van der Waals surface area (Å²) in [5.74, 6) is 0. The highest BCUT2D eigenvalue weighted by atomic mass is 15.2. The summed E-state index contributed by atoms with van der Waals surface area (Å²) in [6.07, 6.45) is 2.50. The van der Waals surface area contributed by atoms with Crippen molar-refractivity contribution < 1.29 is 0 Å². The van der Waals surface area contributed by atoms with Crippen LogP contribution in [0.4, 0.5) is 0 Å². The lowest BCUT2D eigenvalue weighted by Crippen LogP contribution is -2.52. The van der Waals surface area contributed by atoms with Crippen LogP contribution in [0.2, 0.25) is 0 Å². The molecule has 0 radical (unpaired) electrons. The molecule has 1 aliphatic heterocycles. The summed E-state index contributed by atoms with van der Waals surface area (Å²) in [6, 6.07) is 11.4. The van der Waals surface area contributed by atoms with Gasteiger partial charge in [0, 0.05) is 31.2 Å². The van der Waals surface area contributed by atoms with Gasteiger partial charge in [0.2, 0.25) is 0 Å². The van der Waals surface area contributed by atoms with E-state index in [0.717, 1.165) is 6.54 Å². The Morgan fingerprint density at radius 1 is 1.17 bits per heavy atom. The van der Waals surface area contributed by atoms with Crippen molar-refractivity contribution in [2.45, 2.75) is 51.7 Å². The second-order valence-electron chi connectivity index (χ2n) is 6.03. The third kappa shape index (κ3) is 3.56. The van der Waals surface area contributed by atoms with Crippen LogP contribution in [-0.2, 0) is 6.54 Å². The maximum Gasteiger partial charge on any atom is 0.0210 e. The molecule has 0 aliphatic carbocycles. The number of likely N-dealkylation sites (tertiary alicyclic amines) is 1. The van der Waals surface area contributed by atoms with Crippen LogP contribution in [0.5, 0.6) is 0 Å². The fourth-order valence-corrected chi connectivity index (χ4v) is 2.62. The molecule has 0 spiro atoms. The van der Waals surface area contributed by atoms with E-state index in [9.17, 15) is 0 Å². The first-order valence-electron chi connectivity index (χ1n) is 7.12. The molecular formula is C16H26N2. The number of benzene rings is 1. The Morgan fingerprint density at radius 2 is 1.78 bits per heavy atom. The molecule has 2 heteroatoms. The molecule has 18 heavy (non-hydrogen) atoms. The van der Waals surface area contributed by atoms with Gasteiger partial charge in [0.1, 0.15) is 0 Å². The number of nitrogens with zero attached hydrogens (tertiary/aromatic N) is 1. The third-order valence-corrected chi connectivity index (χ3v) is 4.19. The topological polar surface area (TPSA) is 15.3 Å². The largest absolute Gasteiger partial charge is 0.307 e. The van der Waals surface area contributed by atoms with Crippen LogP contribution < -0.4 is 5.32 Å². The maximum absolute atomic E-state index is 3.75. The monoisotopic (exact) mass is 246 g/mol. The van der Waals surface area contributed by atoms with E-state index in [1.807, 2.05) is 0 Å². The molecule has 100 valence electrons. The highest BCUT2D eigenvalue weighted by molar-refractivity contribution is 5.14. The van der Waals surface area contributed by atoms with Crippen molar-refractivity contribution in [3.05, 3.63) is 35.9 Å². The predicted molar refractivity (Wildman–Crippen MR) is 77.6 cm³/mol. The van der Waals surface area contributed by atoms with E-state index in [4.69, 9.17) is 0 Å². The van der Waals surface area contributed by atoms with Gasteiger partial charge in [-0.25, -0.2) is 0 Å². The molecule has 0 amide bonds. The van der Waals surface area contributed by atoms with E-state index in [-0.39, 0.29) is 0 Å². The second kappa shape index (κ2) is 5.85. The van der Waals surface area contributed by atoms with Crippen LogP contribution in [0.15, 0.2) is 30.3 Å². The van der Waals surface area contributed by atoms with Gasteiger partial charge in [-0.1, -0.05) is 30.3 Å². The Hall–Kier alpha value is -0.860. The fraction of sp³-hybridized carbons (Fsp3) is 0.625. The van der Waals surface area contributed by atoms with Crippen LogP contribution in [-0.4, -0.2) is 29.6 Å². The zero-order chi connectivity index (χ0) is 13.0. The van der Waals surface area contributed by atoms with Gasteiger partial charge in [0.15, 0.2) is 0 Å². The molecule has 1 aliphatic rings. The normalized spacial score (nSPS) is 20.2. The second-order valence-corrected chi connectivity index (χ2v) is 6.03. The van der Waals surface area contributed by atoms with E-state index in [2.05, 4.69) is 61.3 Å². The van der Waals surface area contributed by atoms with E-state index >= 15 is 0 Å². The molecule has 1 aromatic rings. The number of hydrogen-bond acceptors (Lipinski definition) is 2. The predicted octanol–water partition coefficient (Wildman–Crippen LogP) is 3.04. The van der Waals surface area contributed by atoms with Crippen molar-refractivity contribution in [2.75, 3.05) is 13.1 Å². The number of hydrogen-bond donors (Lipinski definition) is 1. The summed E-state index contributed by atoms with van der Waals surface area (Å²) in [5, 5.41) is 3.75. The maximum atomic E-state index is 3.75. The Labute approximate surface area is 111 Å². The van der Waals surface area contributed by atoms with Crippen molar-refractivity contribution >= 4 is 0 Å². The average Bonchev–Trinajstić information content (AvgIpc) is 2.38. The Morgan fingerprint density at radius 3 is 2.33 bits per heavy atom. The summed E-state index contributed by atoms with van der Waals surface area (Å²) in [7, 11) is 0. The summed E-state index contributed by atoms with van der Waals surface area (Å²) in [4.78, 5) is 2.58. The molecule has 0 saturated carbocycles. The highest BCUT2D eigenvalue weighted by Gasteiger charge is 2.30. The lowest BCUT2D eigenvalue weighted by molar-refractivity contribution is 0.119. The first kappa shape index (κ1) is 13.6. The van der Waals surface area contributed by atoms with Crippen molar-refractivity contribution in [3.63, 3.8) is 0 Å². The molecule has 2 nitrogen and oxygen atoms in total. The molecule has 1 N–H and O–H groups in total. The van der Waals surface area contributed by atoms with Gasteiger partial charge in [0.25, 0.3) is 0 Å². The van der Waals surface area contributed by atoms with Crippen LogP contribution in [0.3, 0.4) is 0 Å². The van der Waals surface area contributed by atoms with Gasteiger partial charge in [-0.15, -0.1) is 0 Å².